The third kappa shape index (κ3) is 5.36. The van der Waals surface area contributed by atoms with Crippen molar-refractivity contribution in [3.05, 3.63) is 103 Å². The van der Waals surface area contributed by atoms with E-state index < -0.39 is 18.1 Å². The van der Waals surface area contributed by atoms with Crippen molar-refractivity contribution in [1.82, 2.24) is 24.7 Å². The molecule has 190 valence electrons. The third-order valence-electron chi connectivity index (χ3n) is 5.62. The van der Waals surface area contributed by atoms with Gasteiger partial charge in [-0.15, -0.1) is 0 Å². The maximum absolute atomic E-state index is 12.5. The van der Waals surface area contributed by atoms with Crippen LogP contribution in [0, 0.1) is 0 Å². The lowest BCUT2D eigenvalue weighted by atomic mass is 10.1. The average Bonchev–Trinajstić information content (AvgIpc) is 3.60. The van der Waals surface area contributed by atoms with Gasteiger partial charge >= 0.3 is 18.1 Å². The van der Waals surface area contributed by atoms with E-state index in [0.29, 0.717) is 17.1 Å². The molecule has 5 rings (SSSR count). The first-order valence-corrected chi connectivity index (χ1v) is 11.3. The van der Waals surface area contributed by atoms with Crippen LogP contribution >= 0.6 is 0 Å². The fraction of sp³-hybridized carbons (Fsp3) is 0.0741. The molecule has 0 aliphatic rings. The van der Waals surface area contributed by atoms with Crippen molar-refractivity contribution in [2.24, 2.45) is 0 Å². The molecule has 2 aromatic carbocycles. The molecule has 0 amide bonds. The van der Waals surface area contributed by atoms with E-state index in [1.807, 2.05) is 36.4 Å². The van der Waals surface area contributed by atoms with Crippen LogP contribution in [0.15, 0.2) is 91.5 Å². The molecule has 0 fully saturated rings. The molecule has 3 heterocycles. The summed E-state index contributed by atoms with van der Waals surface area (Å²) in [7, 11) is 0. The number of esters is 2. The number of benzene rings is 2. The summed E-state index contributed by atoms with van der Waals surface area (Å²) in [6.07, 6.45) is 1.45. The van der Waals surface area contributed by atoms with Crippen molar-refractivity contribution in [1.29, 1.82) is 0 Å². The SMILES string of the molecule is O=C(OC(=O)C(F)(F)F)c1ccccc1Cn1cc(-c2ccnc(-c3ncc(-c4ccccc4)[nH]3)c2)cn1. The summed E-state index contributed by atoms with van der Waals surface area (Å²) in [5.74, 6) is -3.36. The van der Waals surface area contributed by atoms with Crippen LogP contribution in [0.5, 0.6) is 0 Å². The summed E-state index contributed by atoms with van der Waals surface area (Å²) in [5, 5.41) is 4.31. The predicted molar refractivity (Wildman–Crippen MR) is 130 cm³/mol. The van der Waals surface area contributed by atoms with Crippen molar-refractivity contribution >= 4 is 11.9 Å². The normalized spacial score (nSPS) is 11.3. The van der Waals surface area contributed by atoms with Crippen LogP contribution in [0.3, 0.4) is 0 Å². The first-order valence-electron chi connectivity index (χ1n) is 11.3. The Balaban J connectivity index is 1.34. The van der Waals surface area contributed by atoms with E-state index in [-0.39, 0.29) is 12.1 Å². The second-order valence-electron chi connectivity index (χ2n) is 8.20. The second kappa shape index (κ2) is 10.1. The van der Waals surface area contributed by atoms with Crippen molar-refractivity contribution in [2.45, 2.75) is 12.7 Å². The Labute approximate surface area is 213 Å². The molecule has 0 saturated carbocycles. The van der Waals surface area contributed by atoms with Gasteiger partial charge in [0.25, 0.3) is 0 Å². The van der Waals surface area contributed by atoms with Crippen molar-refractivity contribution < 1.29 is 27.5 Å². The van der Waals surface area contributed by atoms with Crippen molar-refractivity contribution in [3.63, 3.8) is 0 Å². The van der Waals surface area contributed by atoms with Crippen molar-refractivity contribution in [2.75, 3.05) is 0 Å². The minimum absolute atomic E-state index is 0.0576. The highest BCUT2D eigenvalue weighted by Gasteiger charge is 2.42. The van der Waals surface area contributed by atoms with E-state index in [1.165, 1.54) is 16.8 Å². The Morgan fingerprint density at radius 1 is 0.895 bits per heavy atom. The maximum atomic E-state index is 12.5. The van der Waals surface area contributed by atoms with Gasteiger partial charge in [-0.3, -0.25) is 9.67 Å². The zero-order chi connectivity index (χ0) is 26.7. The number of aromatic nitrogens is 5. The van der Waals surface area contributed by atoms with Gasteiger partial charge in [0.05, 0.1) is 30.2 Å². The monoisotopic (exact) mass is 517 g/mol. The molecule has 0 unspecified atom stereocenters. The van der Waals surface area contributed by atoms with Crippen LogP contribution < -0.4 is 0 Å². The molecule has 8 nitrogen and oxygen atoms in total. The quantitative estimate of drug-likeness (QED) is 0.242. The lowest BCUT2D eigenvalue weighted by Gasteiger charge is -2.10. The molecule has 3 aromatic heterocycles. The number of H-pyrrole nitrogens is 1. The predicted octanol–water partition coefficient (Wildman–Crippen LogP) is 5.30. The van der Waals surface area contributed by atoms with Gasteiger partial charge in [0, 0.05) is 18.0 Å². The number of halogens is 3. The number of aromatic amines is 1. The highest BCUT2D eigenvalue weighted by atomic mass is 19.4. The number of carbonyl (C=O) groups excluding carboxylic acids is 2. The van der Waals surface area contributed by atoms with Gasteiger partial charge in [-0.05, 0) is 34.9 Å². The largest absolute Gasteiger partial charge is 0.491 e. The molecule has 0 aliphatic heterocycles. The fourth-order valence-electron chi connectivity index (χ4n) is 3.78. The molecule has 0 radical (unpaired) electrons. The maximum Gasteiger partial charge on any atom is 0.491 e. The summed E-state index contributed by atoms with van der Waals surface area (Å²) >= 11 is 0. The smallest absolute Gasteiger partial charge is 0.383 e. The van der Waals surface area contributed by atoms with E-state index in [1.54, 1.807) is 43.0 Å². The summed E-state index contributed by atoms with van der Waals surface area (Å²) in [4.78, 5) is 35.4. The number of rotatable bonds is 6. The van der Waals surface area contributed by atoms with Gasteiger partial charge in [-0.2, -0.15) is 18.3 Å². The zero-order valence-corrected chi connectivity index (χ0v) is 19.5. The highest BCUT2D eigenvalue weighted by molar-refractivity contribution is 5.99. The molecule has 1 N–H and O–H groups in total. The summed E-state index contributed by atoms with van der Waals surface area (Å²) in [6.45, 7) is 0.0576. The number of nitrogens with zero attached hydrogens (tertiary/aromatic N) is 4. The zero-order valence-electron chi connectivity index (χ0n) is 19.5. The summed E-state index contributed by atoms with van der Waals surface area (Å²) in [6, 6.07) is 19.3. The van der Waals surface area contributed by atoms with Crippen LogP contribution in [-0.4, -0.2) is 42.8 Å². The Morgan fingerprint density at radius 3 is 2.45 bits per heavy atom. The number of alkyl halides is 3. The minimum atomic E-state index is -5.27. The first kappa shape index (κ1) is 24.6. The molecule has 5 aromatic rings. The van der Waals surface area contributed by atoms with Gasteiger partial charge in [0.15, 0.2) is 5.82 Å². The summed E-state index contributed by atoms with van der Waals surface area (Å²) in [5.41, 5.74) is 4.20. The van der Waals surface area contributed by atoms with Gasteiger partial charge in [-0.25, -0.2) is 14.6 Å². The fourth-order valence-corrected chi connectivity index (χ4v) is 3.78. The van der Waals surface area contributed by atoms with Crippen LogP contribution in [-0.2, 0) is 16.1 Å². The van der Waals surface area contributed by atoms with E-state index in [4.69, 9.17) is 0 Å². The number of ether oxygens (including phenoxy) is 1. The molecule has 11 heteroatoms. The first-order chi connectivity index (χ1) is 18.3. The van der Waals surface area contributed by atoms with Crippen LogP contribution in [0.4, 0.5) is 13.2 Å². The molecule has 38 heavy (non-hydrogen) atoms. The molecule has 0 bridgehead atoms. The molecule has 0 aliphatic carbocycles. The minimum Gasteiger partial charge on any atom is -0.383 e. The van der Waals surface area contributed by atoms with E-state index in [0.717, 1.165) is 22.4 Å². The number of nitrogens with one attached hydrogen (secondary N) is 1. The average molecular weight is 517 g/mol. The number of hydrogen-bond donors (Lipinski definition) is 1. The Kier molecular flexibility index (Phi) is 6.56. The molecule has 0 atom stereocenters. The van der Waals surface area contributed by atoms with Crippen molar-refractivity contribution in [3.8, 4) is 33.9 Å². The standard InChI is InChI=1S/C27H18F3N5O3/c28-27(29,30)26(37)38-25(36)21-9-5-4-8-19(21)15-35-16-20(13-33-35)18-10-11-31-22(12-18)24-32-14-23(34-24)17-6-2-1-3-7-17/h1-14,16H,15H2,(H,32,34). The van der Waals surface area contributed by atoms with Crippen LogP contribution in [0.25, 0.3) is 33.9 Å². The summed E-state index contributed by atoms with van der Waals surface area (Å²) < 4.78 is 43.0. The van der Waals surface area contributed by atoms with Gasteiger partial charge < -0.3 is 9.72 Å². The molecular formula is C27H18F3N5O3. The van der Waals surface area contributed by atoms with E-state index >= 15 is 0 Å². The number of carbonyl (C=O) groups is 2. The van der Waals surface area contributed by atoms with Gasteiger partial charge in [0.2, 0.25) is 0 Å². The molecule has 0 saturated heterocycles. The van der Waals surface area contributed by atoms with Crippen LogP contribution in [0.2, 0.25) is 0 Å². The lowest BCUT2D eigenvalue weighted by Crippen LogP contribution is -2.28. The Hall–Kier alpha value is -5.06. The highest BCUT2D eigenvalue weighted by Crippen LogP contribution is 2.26. The number of hydrogen-bond acceptors (Lipinski definition) is 6. The lowest BCUT2D eigenvalue weighted by molar-refractivity contribution is -0.193. The van der Waals surface area contributed by atoms with Gasteiger partial charge in [0.1, 0.15) is 5.69 Å². The Morgan fingerprint density at radius 2 is 1.66 bits per heavy atom. The Bertz CT molecular complexity index is 1610. The molecular weight excluding hydrogens is 499 g/mol. The van der Waals surface area contributed by atoms with E-state index in [2.05, 4.69) is 24.8 Å². The topological polar surface area (TPSA) is 103 Å². The van der Waals surface area contributed by atoms with E-state index in [9.17, 15) is 22.8 Å². The number of pyridine rings is 1. The van der Waals surface area contributed by atoms with Crippen LogP contribution in [0.1, 0.15) is 15.9 Å². The number of imidazole rings is 1. The third-order valence-corrected chi connectivity index (χ3v) is 5.62. The van der Waals surface area contributed by atoms with Gasteiger partial charge in [-0.1, -0.05) is 48.5 Å². The molecule has 0 spiro atoms. The second-order valence-corrected chi connectivity index (χ2v) is 8.20.